The Balaban J connectivity index is 1.58. The van der Waals surface area contributed by atoms with Gasteiger partial charge < -0.3 is 20.1 Å². The summed E-state index contributed by atoms with van der Waals surface area (Å²) in [5, 5.41) is 0.928. The van der Waals surface area contributed by atoms with Crippen molar-refractivity contribution in [3.05, 3.63) is 62.2 Å². The molecule has 11 heteroatoms. The van der Waals surface area contributed by atoms with Gasteiger partial charge in [-0.25, -0.2) is 14.8 Å². The Bertz CT molecular complexity index is 1760. The van der Waals surface area contributed by atoms with Crippen LogP contribution in [0.3, 0.4) is 0 Å². The highest BCUT2D eigenvalue weighted by molar-refractivity contribution is 6.11. The van der Waals surface area contributed by atoms with Crippen LogP contribution in [0.4, 0.5) is 5.82 Å². The Morgan fingerprint density at radius 3 is 2.49 bits per heavy atom. The molecule has 1 atom stereocenters. The molecule has 0 unspecified atom stereocenters. The minimum absolute atomic E-state index is 0.0289. The maximum absolute atomic E-state index is 14.3. The SMILES string of the molecule is CCn1c(N2CCC[C@@H](N)C2)c(C(=O)N2CCCCC2)c2c1c(=O)n(Cc1nc(C)c3ccccc3n1)c(=O)n2C. The molecule has 3 aromatic heterocycles. The highest BCUT2D eigenvalue weighted by atomic mass is 16.2. The maximum atomic E-state index is 14.3. The third-order valence-electron chi connectivity index (χ3n) is 8.58. The van der Waals surface area contributed by atoms with Gasteiger partial charge in [-0.2, -0.15) is 0 Å². The first-order valence-corrected chi connectivity index (χ1v) is 14.7. The number of aryl methyl sites for hydroxylation is 3. The lowest BCUT2D eigenvalue weighted by Crippen LogP contribution is -2.45. The van der Waals surface area contributed by atoms with E-state index >= 15 is 0 Å². The van der Waals surface area contributed by atoms with Gasteiger partial charge in [-0.15, -0.1) is 0 Å². The number of carbonyl (C=O) groups is 1. The van der Waals surface area contributed by atoms with E-state index in [0.29, 0.717) is 54.4 Å². The Morgan fingerprint density at radius 1 is 1.00 bits per heavy atom. The fourth-order valence-corrected chi connectivity index (χ4v) is 6.57. The molecule has 1 aromatic carbocycles. The minimum Gasteiger partial charge on any atom is -0.356 e. The molecule has 2 saturated heterocycles. The summed E-state index contributed by atoms with van der Waals surface area (Å²) in [5.41, 5.74) is 8.15. The maximum Gasteiger partial charge on any atom is 0.331 e. The molecule has 1 amide bonds. The van der Waals surface area contributed by atoms with Crippen molar-refractivity contribution in [2.45, 2.75) is 65.1 Å². The van der Waals surface area contributed by atoms with Crippen molar-refractivity contribution >= 4 is 33.7 Å². The molecule has 0 saturated carbocycles. The molecule has 4 aromatic rings. The van der Waals surface area contributed by atoms with E-state index in [4.69, 9.17) is 5.73 Å². The number of anilines is 1. The molecule has 6 rings (SSSR count). The number of nitrogens with two attached hydrogens (primary N) is 1. The summed E-state index contributed by atoms with van der Waals surface area (Å²) >= 11 is 0. The number of hydrogen-bond acceptors (Lipinski definition) is 7. The van der Waals surface area contributed by atoms with Crippen LogP contribution in [-0.2, 0) is 20.1 Å². The lowest BCUT2D eigenvalue weighted by Gasteiger charge is -2.34. The molecule has 2 aliphatic heterocycles. The summed E-state index contributed by atoms with van der Waals surface area (Å²) in [5.74, 6) is 0.953. The molecular formula is C30H38N8O3. The zero-order valence-corrected chi connectivity index (χ0v) is 24.1. The topological polar surface area (TPSA) is 124 Å². The van der Waals surface area contributed by atoms with Crippen LogP contribution in [0.1, 0.15) is 60.9 Å². The van der Waals surface area contributed by atoms with Crippen LogP contribution in [0.25, 0.3) is 21.9 Å². The number of nitrogens with zero attached hydrogens (tertiary/aromatic N) is 7. The largest absolute Gasteiger partial charge is 0.356 e. The molecule has 216 valence electrons. The van der Waals surface area contributed by atoms with Crippen molar-refractivity contribution in [3.63, 3.8) is 0 Å². The number of rotatable bonds is 5. The van der Waals surface area contributed by atoms with Gasteiger partial charge in [-0.05, 0) is 52.0 Å². The van der Waals surface area contributed by atoms with E-state index in [0.717, 1.165) is 55.2 Å². The molecule has 2 N–H and O–H groups in total. The van der Waals surface area contributed by atoms with E-state index in [1.807, 2.05) is 47.6 Å². The number of amides is 1. The smallest absolute Gasteiger partial charge is 0.331 e. The fraction of sp³-hybridized carbons (Fsp3) is 0.500. The van der Waals surface area contributed by atoms with Crippen molar-refractivity contribution in [3.8, 4) is 0 Å². The van der Waals surface area contributed by atoms with E-state index < -0.39 is 11.2 Å². The van der Waals surface area contributed by atoms with E-state index in [9.17, 15) is 14.4 Å². The number of carbonyl (C=O) groups excluding carboxylic acids is 1. The number of piperidine rings is 2. The second-order valence-electron chi connectivity index (χ2n) is 11.3. The van der Waals surface area contributed by atoms with Crippen LogP contribution in [0.15, 0.2) is 33.9 Å². The van der Waals surface area contributed by atoms with Gasteiger partial charge in [-0.1, -0.05) is 18.2 Å². The van der Waals surface area contributed by atoms with E-state index in [1.165, 1.54) is 9.13 Å². The third-order valence-corrected chi connectivity index (χ3v) is 8.58. The third kappa shape index (κ3) is 4.61. The quantitative estimate of drug-likeness (QED) is 0.399. The van der Waals surface area contributed by atoms with Crippen molar-refractivity contribution in [1.29, 1.82) is 0 Å². The number of likely N-dealkylation sites (tertiary alicyclic amines) is 1. The van der Waals surface area contributed by atoms with Gasteiger partial charge in [0, 0.05) is 56.9 Å². The summed E-state index contributed by atoms with van der Waals surface area (Å²) in [6.07, 6.45) is 4.78. The number of hydrogen-bond donors (Lipinski definition) is 1. The molecule has 5 heterocycles. The standard InChI is InChI=1S/C30H38N8O3/c1-4-37-26-25(24(28(39)35-14-8-5-9-15-35)27(37)36-16-10-11-20(31)17-36)34(3)30(41)38(29(26)40)18-23-32-19(2)21-12-6-7-13-22(21)33-23/h6-7,12-13,20H,4-5,8-11,14-18,31H2,1-3H3/t20-/m1/s1. The molecule has 11 nitrogen and oxygen atoms in total. The first-order valence-electron chi connectivity index (χ1n) is 14.7. The van der Waals surface area contributed by atoms with Crippen LogP contribution >= 0.6 is 0 Å². The lowest BCUT2D eigenvalue weighted by atomic mass is 10.1. The number of benzene rings is 1. The Labute approximate surface area is 238 Å². The summed E-state index contributed by atoms with van der Waals surface area (Å²) in [4.78, 5) is 55.6. The van der Waals surface area contributed by atoms with Crippen LogP contribution in [-0.4, -0.2) is 66.7 Å². The zero-order chi connectivity index (χ0) is 28.8. The van der Waals surface area contributed by atoms with Crippen molar-refractivity contribution in [1.82, 2.24) is 28.6 Å². The second kappa shape index (κ2) is 10.8. The number of aromatic nitrogens is 5. The van der Waals surface area contributed by atoms with Crippen molar-refractivity contribution in [2.75, 3.05) is 31.1 Å². The monoisotopic (exact) mass is 558 g/mol. The average Bonchev–Trinajstić information content (AvgIpc) is 3.34. The van der Waals surface area contributed by atoms with Crippen LogP contribution in [0.2, 0.25) is 0 Å². The van der Waals surface area contributed by atoms with Crippen molar-refractivity contribution in [2.24, 2.45) is 12.8 Å². The predicted molar refractivity (Wildman–Crippen MR) is 160 cm³/mol. The molecular weight excluding hydrogens is 520 g/mol. The molecule has 41 heavy (non-hydrogen) atoms. The first kappa shape index (κ1) is 27.2. The summed E-state index contributed by atoms with van der Waals surface area (Å²) in [7, 11) is 1.64. The van der Waals surface area contributed by atoms with Gasteiger partial charge in [0.15, 0.2) is 0 Å². The van der Waals surface area contributed by atoms with E-state index in [2.05, 4.69) is 14.9 Å². The van der Waals surface area contributed by atoms with Gasteiger partial charge in [0.1, 0.15) is 22.7 Å². The van der Waals surface area contributed by atoms with E-state index in [1.54, 1.807) is 7.05 Å². The number of fused-ring (bicyclic) bond motifs is 2. The molecule has 0 bridgehead atoms. The predicted octanol–water partition coefficient (Wildman–Crippen LogP) is 2.38. The minimum atomic E-state index is -0.500. The Hall–Kier alpha value is -3.99. The first-order chi connectivity index (χ1) is 19.8. The van der Waals surface area contributed by atoms with Crippen LogP contribution < -0.4 is 21.9 Å². The van der Waals surface area contributed by atoms with Gasteiger partial charge in [0.05, 0.1) is 17.6 Å². The fourth-order valence-electron chi connectivity index (χ4n) is 6.57. The molecule has 2 aliphatic rings. The normalized spacial score (nSPS) is 18.0. The van der Waals surface area contributed by atoms with Crippen LogP contribution in [0, 0.1) is 6.92 Å². The highest BCUT2D eigenvalue weighted by Crippen LogP contribution is 2.34. The number of para-hydroxylation sites is 1. The van der Waals surface area contributed by atoms with Gasteiger partial charge in [-0.3, -0.25) is 18.7 Å². The van der Waals surface area contributed by atoms with E-state index in [-0.39, 0.29) is 18.5 Å². The zero-order valence-electron chi connectivity index (χ0n) is 24.1. The van der Waals surface area contributed by atoms with Gasteiger partial charge in [0.2, 0.25) is 0 Å². The second-order valence-corrected chi connectivity index (χ2v) is 11.3. The molecule has 0 radical (unpaired) electrons. The van der Waals surface area contributed by atoms with Crippen molar-refractivity contribution < 1.29 is 4.79 Å². The van der Waals surface area contributed by atoms with Gasteiger partial charge >= 0.3 is 5.69 Å². The average molecular weight is 559 g/mol. The molecule has 0 aliphatic carbocycles. The summed E-state index contributed by atoms with van der Waals surface area (Å²) in [6.45, 7) is 6.91. The molecule has 0 spiro atoms. The van der Waals surface area contributed by atoms with Crippen LogP contribution in [0.5, 0.6) is 0 Å². The highest BCUT2D eigenvalue weighted by Gasteiger charge is 2.34. The summed E-state index contributed by atoms with van der Waals surface area (Å²) < 4.78 is 4.57. The van der Waals surface area contributed by atoms with Gasteiger partial charge in [0.25, 0.3) is 11.5 Å². The summed E-state index contributed by atoms with van der Waals surface area (Å²) in [6, 6.07) is 7.65. The Morgan fingerprint density at radius 2 is 1.76 bits per heavy atom. The lowest BCUT2D eigenvalue weighted by molar-refractivity contribution is 0.0726. The Kier molecular flexibility index (Phi) is 7.14. The molecule has 2 fully saturated rings.